The van der Waals surface area contributed by atoms with Crippen LogP contribution in [0.25, 0.3) is 0 Å². The first-order valence-corrected chi connectivity index (χ1v) is 6.58. The van der Waals surface area contributed by atoms with Crippen LogP contribution in [0.15, 0.2) is 0 Å². The number of rotatable bonds is 8. The fourth-order valence-electron chi connectivity index (χ4n) is 2.09. The molecule has 0 spiro atoms. The minimum atomic E-state index is 0.178. The van der Waals surface area contributed by atoms with Gasteiger partial charge >= 0.3 is 0 Å². The SMILES string of the molecule is CC(C)C[C@H](CN)CC(=O)NCCC1CC1. The van der Waals surface area contributed by atoms with Crippen molar-refractivity contribution in [2.45, 2.75) is 46.0 Å². The van der Waals surface area contributed by atoms with E-state index in [0.29, 0.717) is 24.8 Å². The molecule has 1 saturated carbocycles. The molecule has 0 aromatic heterocycles. The molecule has 94 valence electrons. The average Bonchev–Trinajstić information content (AvgIpc) is 3.00. The molecule has 16 heavy (non-hydrogen) atoms. The molecule has 1 rings (SSSR count). The predicted octanol–water partition coefficient (Wildman–Crippen LogP) is 1.91. The highest BCUT2D eigenvalue weighted by molar-refractivity contribution is 5.76. The summed E-state index contributed by atoms with van der Waals surface area (Å²) in [4.78, 5) is 11.6. The molecule has 1 fully saturated rings. The van der Waals surface area contributed by atoms with Gasteiger partial charge in [-0.1, -0.05) is 26.7 Å². The quantitative estimate of drug-likeness (QED) is 0.664. The molecule has 0 radical (unpaired) electrons. The zero-order valence-corrected chi connectivity index (χ0v) is 10.7. The van der Waals surface area contributed by atoms with Crippen molar-refractivity contribution in [3.63, 3.8) is 0 Å². The third-order valence-electron chi connectivity index (χ3n) is 3.18. The number of nitrogens with one attached hydrogen (secondary N) is 1. The summed E-state index contributed by atoms with van der Waals surface area (Å²) in [6.45, 7) is 5.82. The molecule has 1 aliphatic rings. The summed E-state index contributed by atoms with van der Waals surface area (Å²) in [6, 6.07) is 0. The van der Waals surface area contributed by atoms with Gasteiger partial charge < -0.3 is 11.1 Å². The topological polar surface area (TPSA) is 55.1 Å². The summed E-state index contributed by atoms with van der Waals surface area (Å²) in [6.07, 6.45) is 5.51. The Labute approximate surface area is 99.2 Å². The van der Waals surface area contributed by atoms with Gasteiger partial charge in [-0.2, -0.15) is 0 Å². The number of nitrogens with two attached hydrogens (primary N) is 1. The van der Waals surface area contributed by atoms with Crippen molar-refractivity contribution < 1.29 is 4.79 Å². The van der Waals surface area contributed by atoms with Crippen LogP contribution in [0.4, 0.5) is 0 Å². The Balaban J connectivity index is 2.09. The Morgan fingerprint density at radius 2 is 2.12 bits per heavy atom. The molecule has 1 atom stereocenters. The summed E-state index contributed by atoms with van der Waals surface area (Å²) in [5.74, 6) is 2.03. The first kappa shape index (κ1) is 13.5. The van der Waals surface area contributed by atoms with Gasteiger partial charge in [-0.15, -0.1) is 0 Å². The van der Waals surface area contributed by atoms with Crippen LogP contribution < -0.4 is 11.1 Å². The Kier molecular flexibility index (Phi) is 5.81. The van der Waals surface area contributed by atoms with E-state index in [1.54, 1.807) is 0 Å². The maximum absolute atomic E-state index is 11.6. The molecule has 0 aliphatic heterocycles. The third-order valence-corrected chi connectivity index (χ3v) is 3.18. The fraction of sp³-hybridized carbons (Fsp3) is 0.923. The molecule has 0 saturated heterocycles. The average molecular weight is 226 g/mol. The van der Waals surface area contributed by atoms with E-state index in [9.17, 15) is 4.79 Å². The molecule has 3 nitrogen and oxygen atoms in total. The molecule has 1 amide bonds. The summed E-state index contributed by atoms with van der Waals surface area (Å²) in [5, 5.41) is 3.00. The van der Waals surface area contributed by atoms with Crippen molar-refractivity contribution in [2.75, 3.05) is 13.1 Å². The smallest absolute Gasteiger partial charge is 0.220 e. The summed E-state index contributed by atoms with van der Waals surface area (Å²) < 4.78 is 0. The Morgan fingerprint density at radius 1 is 1.44 bits per heavy atom. The molecule has 3 N–H and O–H groups in total. The fourth-order valence-corrected chi connectivity index (χ4v) is 2.09. The van der Waals surface area contributed by atoms with Gasteiger partial charge in [-0.3, -0.25) is 4.79 Å². The van der Waals surface area contributed by atoms with Crippen LogP contribution in [-0.2, 0) is 4.79 Å². The molecule has 0 aromatic rings. The second-order valence-corrected chi connectivity index (χ2v) is 5.52. The highest BCUT2D eigenvalue weighted by Gasteiger charge is 2.21. The molecule has 0 heterocycles. The van der Waals surface area contributed by atoms with Gasteiger partial charge in [0.15, 0.2) is 0 Å². The second kappa shape index (κ2) is 6.89. The molecule has 0 unspecified atom stereocenters. The summed E-state index contributed by atoms with van der Waals surface area (Å²) >= 11 is 0. The van der Waals surface area contributed by atoms with Crippen molar-refractivity contribution in [2.24, 2.45) is 23.5 Å². The first-order valence-electron chi connectivity index (χ1n) is 6.58. The number of amides is 1. The van der Waals surface area contributed by atoms with Crippen LogP contribution in [-0.4, -0.2) is 19.0 Å². The maximum atomic E-state index is 11.6. The van der Waals surface area contributed by atoms with Crippen LogP contribution >= 0.6 is 0 Å². The second-order valence-electron chi connectivity index (χ2n) is 5.52. The van der Waals surface area contributed by atoms with Crippen molar-refractivity contribution in [3.05, 3.63) is 0 Å². The van der Waals surface area contributed by atoms with Gasteiger partial charge in [-0.05, 0) is 37.1 Å². The predicted molar refractivity (Wildman–Crippen MR) is 67.0 cm³/mol. The van der Waals surface area contributed by atoms with Gasteiger partial charge in [0.2, 0.25) is 5.91 Å². The van der Waals surface area contributed by atoms with E-state index in [2.05, 4.69) is 19.2 Å². The van der Waals surface area contributed by atoms with Gasteiger partial charge in [-0.25, -0.2) is 0 Å². The highest BCUT2D eigenvalue weighted by atomic mass is 16.1. The number of carbonyl (C=O) groups excluding carboxylic acids is 1. The van der Waals surface area contributed by atoms with Gasteiger partial charge in [0, 0.05) is 13.0 Å². The lowest BCUT2D eigenvalue weighted by atomic mass is 9.94. The minimum absolute atomic E-state index is 0.178. The van der Waals surface area contributed by atoms with E-state index in [0.717, 1.165) is 25.3 Å². The Hall–Kier alpha value is -0.570. The zero-order valence-electron chi connectivity index (χ0n) is 10.7. The van der Waals surface area contributed by atoms with Crippen LogP contribution in [0.1, 0.15) is 46.0 Å². The Bertz CT molecular complexity index is 212. The molecular weight excluding hydrogens is 200 g/mol. The Morgan fingerprint density at radius 3 is 2.62 bits per heavy atom. The van der Waals surface area contributed by atoms with Crippen LogP contribution in [0.5, 0.6) is 0 Å². The highest BCUT2D eigenvalue weighted by Crippen LogP contribution is 2.31. The standard InChI is InChI=1S/C13H26N2O/c1-10(2)7-12(9-14)8-13(16)15-6-5-11-3-4-11/h10-12H,3-9,14H2,1-2H3,(H,15,16)/t12-/m0/s1. The number of carbonyl (C=O) groups is 1. The van der Waals surface area contributed by atoms with E-state index < -0.39 is 0 Å². The molecule has 3 heteroatoms. The van der Waals surface area contributed by atoms with Crippen molar-refractivity contribution >= 4 is 5.91 Å². The van der Waals surface area contributed by atoms with Crippen LogP contribution in [0, 0.1) is 17.8 Å². The van der Waals surface area contributed by atoms with Crippen LogP contribution in [0.2, 0.25) is 0 Å². The summed E-state index contributed by atoms with van der Waals surface area (Å²) in [7, 11) is 0. The zero-order chi connectivity index (χ0) is 12.0. The van der Waals surface area contributed by atoms with E-state index >= 15 is 0 Å². The monoisotopic (exact) mass is 226 g/mol. The van der Waals surface area contributed by atoms with Crippen molar-refractivity contribution in [3.8, 4) is 0 Å². The largest absolute Gasteiger partial charge is 0.356 e. The third kappa shape index (κ3) is 6.11. The van der Waals surface area contributed by atoms with Gasteiger partial charge in [0.25, 0.3) is 0 Å². The van der Waals surface area contributed by atoms with Crippen molar-refractivity contribution in [1.29, 1.82) is 0 Å². The van der Waals surface area contributed by atoms with E-state index in [1.807, 2.05) is 0 Å². The lowest BCUT2D eigenvalue weighted by Crippen LogP contribution is -2.29. The molecule has 0 bridgehead atoms. The molecular formula is C13H26N2O. The van der Waals surface area contributed by atoms with Gasteiger partial charge in [0.05, 0.1) is 0 Å². The lowest BCUT2D eigenvalue weighted by Gasteiger charge is -2.16. The summed E-state index contributed by atoms with van der Waals surface area (Å²) in [5.41, 5.74) is 5.68. The van der Waals surface area contributed by atoms with E-state index in [-0.39, 0.29) is 5.91 Å². The van der Waals surface area contributed by atoms with E-state index in [4.69, 9.17) is 5.73 Å². The normalized spacial score (nSPS) is 17.5. The van der Waals surface area contributed by atoms with E-state index in [1.165, 1.54) is 12.8 Å². The molecule has 1 aliphatic carbocycles. The number of hydrogen-bond donors (Lipinski definition) is 2. The minimum Gasteiger partial charge on any atom is -0.356 e. The first-order chi connectivity index (χ1) is 7.61. The number of hydrogen-bond acceptors (Lipinski definition) is 2. The van der Waals surface area contributed by atoms with Crippen LogP contribution in [0.3, 0.4) is 0 Å². The molecule has 0 aromatic carbocycles. The maximum Gasteiger partial charge on any atom is 0.220 e. The lowest BCUT2D eigenvalue weighted by molar-refractivity contribution is -0.122. The van der Waals surface area contributed by atoms with Crippen molar-refractivity contribution in [1.82, 2.24) is 5.32 Å². The van der Waals surface area contributed by atoms with Gasteiger partial charge in [0.1, 0.15) is 0 Å².